The van der Waals surface area contributed by atoms with Crippen molar-refractivity contribution < 1.29 is 0 Å². The van der Waals surface area contributed by atoms with Crippen molar-refractivity contribution in [2.75, 3.05) is 0 Å². The van der Waals surface area contributed by atoms with Crippen LogP contribution in [0.4, 0.5) is 0 Å². The normalized spacial score (nSPS) is 11.0. The molecule has 1 aromatic heterocycles. The van der Waals surface area contributed by atoms with Crippen LogP contribution >= 0.6 is 0 Å². The lowest BCUT2D eigenvalue weighted by Gasteiger charge is -2.19. The van der Waals surface area contributed by atoms with Crippen LogP contribution in [-0.4, -0.2) is 4.57 Å². The summed E-state index contributed by atoms with van der Waals surface area (Å²) in [5, 5.41) is 0.830. The molecular formula is C19H19NO. The third-order valence-corrected chi connectivity index (χ3v) is 4.11. The monoisotopic (exact) mass is 277 g/mol. The van der Waals surface area contributed by atoms with Crippen molar-refractivity contribution in [3.8, 4) is 5.69 Å². The molecule has 0 saturated carbocycles. The molecule has 0 spiro atoms. The molecule has 1 heterocycles. The molecule has 2 aromatic carbocycles. The number of fused-ring (bicyclic) bond motifs is 1. The molecular weight excluding hydrogens is 258 g/mol. The topological polar surface area (TPSA) is 22.0 Å². The van der Waals surface area contributed by atoms with Gasteiger partial charge in [-0.3, -0.25) is 4.79 Å². The predicted molar refractivity (Wildman–Crippen MR) is 88.4 cm³/mol. The minimum absolute atomic E-state index is 0.159. The quantitative estimate of drug-likeness (QED) is 0.689. The molecule has 2 nitrogen and oxygen atoms in total. The highest BCUT2D eigenvalue weighted by atomic mass is 16.1. The zero-order valence-corrected chi connectivity index (χ0v) is 12.7. The molecule has 0 atom stereocenters. The Kier molecular flexibility index (Phi) is 3.38. The highest BCUT2D eigenvalue weighted by Gasteiger charge is 2.15. The van der Waals surface area contributed by atoms with E-state index in [9.17, 15) is 4.79 Å². The summed E-state index contributed by atoms with van der Waals surface area (Å²) in [4.78, 5) is 12.7. The van der Waals surface area contributed by atoms with Gasteiger partial charge in [0.1, 0.15) is 0 Å². The smallest absolute Gasteiger partial charge is 0.192 e. The minimum Gasteiger partial charge on any atom is -0.313 e. The summed E-state index contributed by atoms with van der Waals surface area (Å²) in [5.74, 6) is 0. The van der Waals surface area contributed by atoms with Crippen molar-refractivity contribution in [1.29, 1.82) is 0 Å². The van der Waals surface area contributed by atoms with Crippen molar-refractivity contribution in [3.63, 3.8) is 0 Å². The zero-order valence-electron chi connectivity index (χ0n) is 12.7. The lowest BCUT2D eigenvalue weighted by molar-refractivity contribution is 0.917. The van der Waals surface area contributed by atoms with E-state index < -0.39 is 0 Å². The van der Waals surface area contributed by atoms with Crippen molar-refractivity contribution in [2.24, 2.45) is 0 Å². The van der Waals surface area contributed by atoms with Crippen LogP contribution in [-0.2, 0) is 6.42 Å². The molecule has 106 valence electrons. The summed E-state index contributed by atoms with van der Waals surface area (Å²) in [6.07, 6.45) is 0.833. The van der Waals surface area contributed by atoms with Crippen molar-refractivity contribution in [3.05, 3.63) is 75.6 Å². The molecule has 0 aliphatic heterocycles. The van der Waals surface area contributed by atoms with E-state index in [0.717, 1.165) is 39.8 Å². The average molecular weight is 277 g/mol. The molecule has 0 fully saturated rings. The molecule has 2 heteroatoms. The molecule has 21 heavy (non-hydrogen) atoms. The van der Waals surface area contributed by atoms with E-state index >= 15 is 0 Å². The van der Waals surface area contributed by atoms with Crippen molar-refractivity contribution in [2.45, 2.75) is 27.2 Å². The van der Waals surface area contributed by atoms with E-state index in [1.54, 1.807) is 0 Å². The van der Waals surface area contributed by atoms with Gasteiger partial charge in [-0.2, -0.15) is 0 Å². The fourth-order valence-electron chi connectivity index (χ4n) is 3.06. The Bertz CT molecular complexity index is 860. The molecule has 0 N–H and O–H groups in total. The number of aromatic nitrogens is 1. The molecule has 0 bridgehead atoms. The van der Waals surface area contributed by atoms with Crippen LogP contribution in [0.1, 0.15) is 23.7 Å². The Hall–Kier alpha value is -2.35. The molecule has 3 rings (SSSR count). The number of pyridine rings is 1. The van der Waals surface area contributed by atoms with Crippen LogP contribution in [0, 0.1) is 13.8 Å². The minimum atomic E-state index is 0.159. The first-order chi connectivity index (χ1) is 10.1. The van der Waals surface area contributed by atoms with Gasteiger partial charge in [0.25, 0.3) is 0 Å². The van der Waals surface area contributed by atoms with Gasteiger partial charge in [-0.05, 0) is 44.0 Å². The third-order valence-electron chi connectivity index (χ3n) is 4.11. The fraction of sp³-hybridized carbons (Fsp3) is 0.211. The first-order valence-electron chi connectivity index (χ1n) is 7.34. The Morgan fingerprint density at radius 3 is 2.33 bits per heavy atom. The van der Waals surface area contributed by atoms with Crippen molar-refractivity contribution in [1.82, 2.24) is 4.57 Å². The maximum atomic E-state index is 12.7. The highest BCUT2D eigenvalue weighted by molar-refractivity contribution is 5.85. The van der Waals surface area contributed by atoms with Gasteiger partial charge in [0, 0.05) is 22.3 Å². The Balaban J connectivity index is 2.56. The molecule has 0 amide bonds. The van der Waals surface area contributed by atoms with E-state index in [1.165, 1.54) is 0 Å². The van der Waals surface area contributed by atoms with E-state index in [2.05, 4.69) is 23.6 Å². The maximum absolute atomic E-state index is 12.7. The highest BCUT2D eigenvalue weighted by Crippen LogP contribution is 2.23. The molecule has 3 aromatic rings. The molecule has 0 aliphatic rings. The van der Waals surface area contributed by atoms with Gasteiger partial charge in [0.05, 0.1) is 5.52 Å². The Morgan fingerprint density at radius 2 is 1.67 bits per heavy atom. The van der Waals surface area contributed by atoms with Crippen LogP contribution < -0.4 is 5.43 Å². The number of hydrogen-bond acceptors (Lipinski definition) is 1. The predicted octanol–water partition coefficient (Wildman–Crippen LogP) is 4.17. The largest absolute Gasteiger partial charge is 0.313 e. The van der Waals surface area contributed by atoms with E-state index in [1.807, 2.05) is 50.2 Å². The van der Waals surface area contributed by atoms with Crippen LogP contribution in [0.2, 0.25) is 0 Å². The summed E-state index contributed by atoms with van der Waals surface area (Å²) in [6.45, 7) is 6.04. The van der Waals surface area contributed by atoms with Crippen LogP contribution in [0.5, 0.6) is 0 Å². The van der Waals surface area contributed by atoms with E-state index in [-0.39, 0.29) is 5.43 Å². The van der Waals surface area contributed by atoms with Gasteiger partial charge in [-0.1, -0.05) is 37.3 Å². The number of rotatable bonds is 2. The molecule has 0 radical (unpaired) electrons. The summed E-state index contributed by atoms with van der Waals surface area (Å²) in [7, 11) is 0. The summed E-state index contributed by atoms with van der Waals surface area (Å²) < 4.78 is 2.22. The van der Waals surface area contributed by atoms with Gasteiger partial charge in [-0.25, -0.2) is 0 Å². The second kappa shape index (κ2) is 5.21. The number of hydrogen-bond donors (Lipinski definition) is 0. The van der Waals surface area contributed by atoms with Crippen LogP contribution in [0.15, 0.2) is 53.3 Å². The second-order valence-corrected chi connectivity index (χ2v) is 5.39. The lowest BCUT2D eigenvalue weighted by Crippen LogP contribution is -2.18. The average Bonchev–Trinajstić information content (AvgIpc) is 2.51. The molecule has 0 saturated heterocycles. The molecule has 0 aliphatic carbocycles. The third kappa shape index (κ3) is 2.07. The van der Waals surface area contributed by atoms with Crippen molar-refractivity contribution >= 4 is 10.9 Å². The standard InChI is InChI=1S/C19H19NO/c1-4-16-14(3)19(21)18-13(2)9-8-12-17(18)20(16)15-10-6-5-7-11-15/h5-12H,4H2,1-3H3. The van der Waals surface area contributed by atoms with Gasteiger partial charge in [0.15, 0.2) is 5.43 Å². The first-order valence-corrected chi connectivity index (χ1v) is 7.34. The van der Waals surface area contributed by atoms with Gasteiger partial charge in [0.2, 0.25) is 0 Å². The number of aryl methyl sites for hydroxylation is 1. The lowest BCUT2D eigenvalue weighted by atomic mass is 10.0. The van der Waals surface area contributed by atoms with Gasteiger partial charge >= 0.3 is 0 Å². The summed E-state index contributed by atoms with van der Waals surface area (Å²) in [6, 6.07) is 16.3. The number of para-hydroxylation sites is 1. The van der Waals surface area contributed by atoms with Crippen LogP contribution in [0.25, 0.3) is 16.6 Å². The molecule has 0 unspecified atom stereocenters. The number of nitrogens with zero attached hydrogens (tertiary/aromatic N) is 1. The summed E-state index contributed by atoms with van der Waals surface area (Å²) in [5.41, 5.74) is 5.23. The second-order valence-electron chi connectivity index (χ2n) is 5.39. The fourth-order valence-corrected chi connectivity index (χ4v) is 3.06. The van der Waals surface area contributed by atoms with Crippen LogP contribution in [0.3, 0.4) is 0 Å². The Morgan fingerprint density at radius 1 is 0.952 bits per heavy atom. The zero-order chi connectivity index (χ0) is 15.0. The summed E-state index contributed by atoms with van der Waals surface area (Å²) >= 11 is 0. The first kappa shape index (κ1) is 13.6. The maximum Gasteiger partial charge on any atom is 0.192 e. The Labute approximate surface area is 124 Å². The van der Waals surface area contributed by atoms with E-state index in [4.69, 9.17) is 0 Å². The van der Waals surface area contributed by atoms with E-state index in [0.29, 0.717) is 0 Å². The number of benzene rings is 2. The van der Waals surface area contributed by atoms with Gasteiger partial charge in [-0.15, -0.1) is 0 Å². The SMILES string of the molecule is CCc1c(C)c(=O)c2c(C)cccc2n1-c1ccccc1. The van der Waals surface area contributed by atoms with Gasteiger partial charge < -0.3 is 4.57 Å².